The van der Waals surface area contributed by atoms with Crippen molar-refractivity contribution < 1.29 is 4.74 Å². The van der Waals surface area contributed by atoms with Crippen LogP contribution in [-0.4, -0.2) is 34.0 Å². The molecule has 3 aromatic rings. The average molecular weight is 336 g/mol. The Morgan fingerprint density at radius 2 is 2.08 bits per heavy atom. The molecule has 1 aliphatic rings. The molecule has 2 aromatic heterocycles. The summed E-state index contributed by atoms with van der Waals surface area (Å²) < 4.78 is 7.17. The van der Waals surface area contributed by atoms with Crippen molar-refractivity contribution in [3.63, 3.8) is 0 Å². The number of aryl methyl sites for hydroxylation is 1. The zero-order valence-electron chi connectivity index (χ0n) is 14.1. The summed E-state index contributed by atoms with van der Waals surface area (Å²) in [7, 11) is 0. The summed E-state index contributed by atoms with van der Waals surface area (Å²) >= 11 is 0. The molecule has 6 heteroatoms. The monoisotopic (exact) mass is 336 g/mol. The first-order valence-electron chi connectivity index (χ1n) is 8.42. The van der Waals surface area contributed by atoms with Gasteiger partial charge in [0, 0.05) is 24.2 Å². The van der Waals surface area contributed by atoms with E-state index in [1.165, 1.54) is 5.56 Å². The van der Waals surface area contributed by atoms with E-state index in [2.05, 4.69) is 21.5 Å². The van der Waals surface area contributed by atoms with E-state index in [9.17, 15) is 4.79 Å². The van der Waals surface area contributed by atoms with Gasteiger partial charge in [-0.15, -0.1) is 0 Å². The van der Waals surface area contributed by atoms with Crippen LogP contribution in [0, 0.1) is 6.92 Å². The van der Waals surface area contributed by atoms with Gasteiger partial charge >= 0.3 is 0 Å². The predicted octanol–water partition coefficient (Wildman–Crippen LogP) is 1.83. The zero-order valence-corrected chi connectivity index (χ0v) is 14.1. The van der Waals surface area contributed by atoms with E-state index in [1.807, 2.05) is 37.4 Å². The van der Waals surface area contributed by atoms with Crippen molar-refractivity contribution >= 4 is 10.9 Å². The van der Waals surface area contributed by atoms with Crippen molar-refractivity contribution in [2.75, 3.05) is 13.2 Å². The summed E-state index contributed by atoms with van der Waals surface area (Å²) in [6.45, 7) is 3.63. The number of nitrogens with one attached hydrogen (secondary N) is 1. The molecule has 2 atom stereocenters. The Bertz CT molecular complexity index is 948. The lowest BCUT2D eigenvalue weighted by molar-refractivity contribution is 0.180. The second kappa shape index (κ2) is 6.74. The molecule has 4 rings (SSSR count). The second-order valence-corrected chi connectivity index (χ2v) is 6.34. The van der Waals surface area contributed by atoms with Crippen LogP contribution in [0.1, 0.15) is 17.3 Å². The third-order valence-electron chi connectivity index (χ3n) is 4.62. The first-order valence-corrected chi connectivity index (χ1v) is 8.42. The van der Waals surface area contributed by atoms with Crippen molar-refractivity contribution in [2.45, 2.75) is 25.6 Å². The van der Waals surface area contributed by atoms with Crippen LogP contribution >= 0.6 is 0 Å². The molecule has 1 fully saturated rings. The molecule has 1 aliphatic heterocycles. The number of hydrogen-bond donors (Lipinski definition) is 1. The van der Waals surface area contributed by atoms with Crippen LogP contribution in [0.15, 0.2) is 53.5 Å². The van der Waals surface area contributed by atoms with Crippen molar-refractivity contribution in [1.29, 1.82) is 0 Å². The second-order valence-electron chi connectivity index (χ2n) is 6.34. The van der Waals surface area contributed by atoms with Crippen molar-refractivity contribution in [3.05, 3.63) is 70.3 Å². The summed E-state index contributed by atoms with van der Waals surface area (Å²) in [6, 6.07) is 13.4. The number of aromatic nitrogens is 3. The van der Waals surface area contributed by atoms with Gasteiger partial charge in [-0.3, -0.25) is 9.78 Å². The highest BCUT2D eigenvalue weighted by Gasteiger charge is 2.31. The number of para-hydroxylation sites is 1. The molecule has 2 unspecified atom stereocenters. The molecule has 0 spiro atoms. The van der Waals surface area contributed by atoms with Crippen molar-refractivity contribution in [3.8, 4) is 0 Å². The minimum atomic E-state index is -0.0968. The van der Waals surface area contributed by atoms with E-state index in [0.717, 1.165) is 16.6 Å². The SMILES string of the molecule is Cc1ccc(=O)n(C2COCC2NCc2ccnc3ccccc23)n1. The van der Waals surface area contributed by atoms with E-state index < -0.39 is 0 Å². The predicted molar refractivity (Wildman–Crippen MR) is 95.5 cm³/mol. The molecule has 0 amide bonds. The molecule has 0 bridgehead atoms. The molecule has 1 saturated heterocycles. The van der Waals surface area contributed by atoms with Gasteiger partial charge < -0.3 is 10.1 Å². The summed E-state index contributed by atoms with van der Waals surface area (Å²) in [6.07, 6.45) is 1.83. The summed E-state index contributed by atoms with van der Waals surface area (Å²) in [5.74, 6) is 0. The smallest absolute Gasteiger partial charge is 0.267 e. The van der Waals surface area contributed by atoms with Crippen LogP contribution in [0.2, 0.25) is 0 Å². The molecule has 6 nitrogen and oxygen atoms in total. The number of fused-ring (bicyclic) bond motifs is 1. The van der Waals surface area contributed by atoms with Gasteiger partial charge in [0.15, 0.2) is 0 Å². The average Bonchev–Trinajstić information content (AvgIpc) is 3.10. The fourth-order valence-corrected chi connectivity index (χ4v) is 3.29. The Labute approximate surface area is 145 Å². The molecular weight excluding hydrogens is 316 g/mol. The van der Waals surface area contributed by atoms with Gasteiger partial charge in [0.25, 0.3) is 5.56 Å². The number of hydrogen-bond acceptors (Lipinski definition) is 5. The number of pyridine rings is 1. The van der Waals surface area contributed by atoms with Gasteiger partial charge in [0.1, 0.15) is 0 Å². The normalized spacial score (nSPS) is 20.2. The summed E-state index contributed by atoms with van der Waals surface area (Å²) in [4.78, 5) is 16.6. The lowest BCUT2D eigenvalue weighted by atomic mass is 10.1. The Hall–Kier alpha value is -2.57. The van der Waals surface area contributed by atoms with Crippen LogP contribution < -0.4 is 10.9 Å². The number of nitrogens with zero attached hydrogens (tertiary/aromatic N) is 3. The van der Waals surface area contributed by atoms with Crippen LogP contribution in [-0.2, 0) is 11.3 Å². The van der Waals surface area contributed by atoms with Crippen LogP contribution in [0.4, 0.5) is 0 Å². The Morgan fingerprint density at radius 3 is 3.00 bits per heavy atom. The van der Waals surface area contributed by atoms with Gasteiger partial charge in [-0.25, -0.2) is 4.68 Å². The van der Waals surface area contributed by atoms with Gasteiger partial charge in [0.05, 0.1) is 36.5 Å². The molecule has 0 saturated carbocycles. The van der Waals surface area contributed by atoms with Gasteiger partial charge in [-0.2, -0.15) is 5.10 Å². The first-order chi connectivity index (χ1) is 12.2. The van der Waals surface area contributed by atoms with E-state index in [-0.39, 0.29) is 17.6 Å². The maximum atomic E-state index is 12.2. The van der Waals surface area contributed by atoms with E-state index in [0.29, 0.717) is 19.8 Å². The van der Waals surface area contributed by atoms with Crippen LogP contribution in [0.5, 0.6) is 0 Å². The topological polar surface area (TPSA) is 69.0 Å². The highest BCUT2D eigenvalue weighted by molar-refractivity contribution is 5.81. The lowest BCUT2D eigenvalue weighted by Crippen LogP contribution is -2.41. The molecule has 1 N–H and O–H groups in total. The standard InChI is InChI=1S/C19H20N4O2/c1-13-6-7-19(24)23(22-13)18-12-25-11-17(18)21-10-14-8-9-20-16-5-3-2-4-15(14)16/h2-9,17-18,21H,10-12H2,1H3. The molecule has 3 heterocycles. The number of benzene rings is 1. The van der Waals surface area contributed by atoms with Gasteiger partial charge in [-0.1, -0.05) is 18.2 Å². The van der Waals surface area contributed by atoms with E-state index in [4.69, 9.17) is 4.74 Å². The fraction of sp³-hybridized carbons (Fsp3) is 0.316. The fourth-order valence-electron chi connectivity index (χ4n) is 3.29. The van der Waals surface area contributed by atoms with Gasteiger partial charge in [0.2, 0.25) is 0 Å². The first kappa shape index (κ1) is 15.9. The minimum absolute atomic E-state index is 0.0407. The number of ether oxygens (including phenoxy) is 1. The van der Waals surface area contributed by atoms with Gasteiger partial charge in [-0.05, 0) is 30.7 Å². The molecule has 1 aromatic carbocycles. The van der Waals surface area contributed by atoms with Crippen LogP contribution in [0.3, 0.4) is 0 Å². The third kappa shape index (κ3) is 3.18. The summed E-state index contributed by atoms with van der Waals surface area (Å²) in [5, 5.41) is 9.05. The van der Waals surface area contributed by atoms with E-state index in [1.54, 1.807) is 16.8 Å². The highest BCUT2D eigenvalue weighted by atomic mass is 16.5. The highest BCUT2D eigenvalue weighted by Crippen LogP contribution is 2.20. The Kier molecular flexibility index (Phi) is 4.29. The largest absolute Gasteiger partial charge is 0.377 e. The molecule has 0 radical (unpaired) electrons. The van der Waals surface area contributed by atoms with E-state index >= 15 is 0 Å². The quantitative estimate of drug-likeness (QED) is 0.787. The Morgan fingerprint density at radius 1 is 1.20 bits per heavy atom. The molecule has 0 aliphatic carbocycles. The third-order valence-corrected chi connectivity index (χ3v) is 4.62. The van der Waals surface area contributed by atoms with Crippen molar-refractivity contribution in [2.24, 2.45) is 0 Å². The molecule has 25 heavy (non-hydrogen) atoms. The minimum Gasteiger partial charge on any atom is -0.377 e. The Balaban J connectivity index is 1.56. The maximum absolute atomic E-state index is 12.2. The lowest BCUT2D eigenvalue weighted by Gasteiger charge is -2.21. The van der Waals surface area contributed by atoms with Crippen LogP contribution in [0.25, 0.3) is 10.9 Å². The summed E-state index contributed by atoms with van der Waals surface area (Å²) in [5.41, 5.74) is 2.89. The molecular formula is C19H20N4O2. The van der Waals surface area contributed by atoms with Crippen molar-refractivity contribution in [1.82, 2.24) is 20.1 Å². The number of rotatable bonds is 4. The maximum Gasteiger partial charge on any atom is 0.267 e. The zero-order chi connectivity index (χ0) is 17.2. The molecule has 128 valence electrons.